The monoisotopic (exact) mass is 396 g/mol. The number of hydrogen-bond donors (Lipinski definition) is 2. The number of aromatic nitrogens is 2. The van der Waals surface area contributed by atoms with Crippen LogP contribution in [0.25, 0.3) is 5.69 Å². The van der Waals surface area contributed by atoms with Crippen LogP contribution in [-0.4, -0.2) is 21.4 Å². The molecule has 0 atom stereocenters. The second-order valence-corrected chi connectivity index (χ2v) is 6.72. The van der Waals surface area contributed by atoms with E-state index in [4.69, 9.17) is 0 Å². The molecule has 2 amide bonds. The van der Waals surface area contributed by atoms with Crippen molar-refractivity contribution >= 4 is 17.5 Å². The molecule has 3 aromatic carbocycles. The van der Waals surface area contributed by atoms with Crippen molar-refractivity contribution in [1.29, 1.82) is 0 Å². The molecule has 0 aliphatic heterocycles. The Bertz CT molecular complexity index is 1140. The van der Waals surface area contributed by atoms with Gasteiger partial charge in [-0.05, 0) is 54.1 Å². The first kappa shape index (κ1) is 19.1. The van der Waals surface area contributed by atoms with Gasteiger partial charge in [-0.15, -0.1) is 0 Å². The van der Waals surface area contributed by atoms with E-state index in [1.165, 1.54) is 0 Å². The molecule has 1 aromatic heterocycles. The van der Waals surface area contributed by atoms with Gasteiger partial charge in [0.25, 0.3) is 11.8 Å². The highest BCUT2D eigenvalue weighted by molar-refractivity contribution is 6.05. The molecule has 30 heavy (non-hydrogen) atoms. The van der Waals surface area contributed by atoms with Gasteiger partial charge < -0.3 is 15.2 Å². The summed E-state index contributed by atoms with van der Waals surface area (Å²) in [5.41, 5.74) is 3.67. The SMILES string of the molecule is O=C(NCc1cccc(-n2ccnc2)c1)c1ccc(C(=O)Nc2ccccc2)cc1. The quantitative estimate of drug-likeness (QED) is 0.516. The van der Waals surface area contributed by atoms with Crippen molar-refractivity contribution in [3.05, 3.63) is 114 Å². The molecule has 0 aliphatic carbocycles. The molecule has 2 N–H and O–H groups in total. The van der Waals surface area contributed by atoms with Crippen molar-refractivity contribution in [2.75, 3.05) is 5.32 Å². The van der Waals surface area contributed by atoms with E-state index in [-0.39, 0.29) is 11.8 Å². The van der Waals surface area contributed by atoms with E-state index in [2.05, 4.69) is 15.6 Å². The first-order valence-corrected chi connectivity index (χ1v) is 9.51. The molecule has 148 valence electrons. The number of anilines is 1. The summed E-state index contributed by atoms with van der Waals surface area (Å²) in [6.07, 6.45) is 5.32. The van der Waals surface area contributed by atoms with Crippen molar-refractivity contribution in [1.82, 2.24) is 14.9 Å². The first-order valence-electron chi connectivity index (χ1n) is 9.51. The Morgan fingerprint density at radius 2 is 1.57 bits per heavy atom. The van der Waals surface area contributed by atoms with E-state index in [1.54, 1.807) is 36.8 Å². The van der Waals surface area contributed by atoms with Gasteiger partial charge in [0.2, 0.25) is 0 Å². The zero-order valence-electron chi connectivity index (χ0n) is 16.2. The second kappa shape index (κ2) is 8.87. The maximum atomic E-state index is 12.5. The van der Waals surface area contributed by atoms with Gasteiger partial charge in [-0.25, -0.2) is 4.98 Å². The summed E-state index contributed by atoms with van der Waals surface area (Å²) in [7, 11) is 0. The average molecular weight is 396 g/mol. The number of amides is 2. The van der Waals surface area contributed by atoms with Crippen molar-refractivity contribution in [2.24, 2.45) is 0 Å². The molecule has 0 saturated carbocycles. The van der Waals surface area contributed by atoms with Crippen LogP contribution in [0.3, 0.4) is 0 Å². The summed E-state index contributed by atoms with van der Waals surface area (Å²) in [6.45, 7) is 0.400. The molecule has 0 radical (unpaired) electrons. The third kappa shape index (κ3) is 4.62. The van der Waals surface area contributed by atoms with Crippen LogP contribution in [0.15, 0.2) is 97.6 Å². The fourth-order valence-corrected chi connectivity index (χ4v) is 3.02. The molecule has 0 fully saturated rings. The maximum absolute atomic E-state index is 12.5. The molecule has 0 bridgehead atoms. The summed E-state index contributed by atoms with van der Waals surface area (Å²) >= 11 is 0. The van der Waals surface area contributed by atoms with E-state index >= 15 is 0 Å². The number of benzene rings is 3. The Morgan fingerprint density at radius 3 is 2.27 bits per heavy atom. The molecule has 0 spiro atoms. The Balaban J connectivity index is 1.36. The third-order valence-electron chi connectivity index (χ3n) is 4.61. The lowest BCUT2D eigenvalue weighted by Crippen LogP contribution is -2.23. The molecular weight excluding hydrogens is 376 g/mol. The molecule has 4 rings (SSSR count). The van der Waals surface area contributed by atoms with Gasteiger partial charge in [-0.2, -0.15) is 0 Å². The van der Waals surface area contributed by atoms with Crippen LogP contribution in [0.4, 0.5) is 5.69 Å². The van der Waals surface area contributed by atoms with Crippen molar-refractivity contribution < 1.29 is 9.59 Å². The highest BCUT2D eigenvalue weighted by Crippen LogP contribution is 2.12. The van der Waals surface area contributed by atoms with Crippen LogP contribution < -0.4 is 10.6 Å². The smallest absolute Gasteiger partial charge is 0.255 e. The van der Waals surface area contributed by atoms with Crippen LogP contribution in [0, 0.1) is 0 Å². The lowest BCUT2D eigenvalue weighted by Gasteiger charge is -2.09. The predicted molar refractivity (Wildman–Crippen MR) is 116 cm³/mol. The molecule has 0 aliphatic rings. The van der Waals surface area contributed by atoms with Crippen LogP contribution in [0.1, 0.15) is 26.3 Å². The minimum absolute atomic E-state index is 0.196. The molecule has 0 unspecified atom stereocenters. The van der Waals surface area contributed by atoms with Gasteiger partial charge in [0.15, 0.2) is 0 Å². The van der Waals surface area contributed by atoms with Gasteiger partial charge in [-0.3, -0.25) is 9.59 Å². The molecule has 6 nitrogen and oxygen atoms in total. The van der Waals surface area contributed by atoms with E-state index in [0.717, 1.165) is 16.9 Å². The summed E-state index contributed by atoms with van der Waals surface area (Å²) in [5.74, 6) is -0.414. The van der Waals surface area contributed by atoms with Gasteiger partial charge in [0.05, 0.1) is 6.33 Å². The molecule has 4 aromatic rings. The normalized spacial score (nSPS) is 10.4. The number of rotatable bonds is 6. The van der Waals surface area contributed by atoms with Crippen molar-refractivity contribution in [2.45, 2.75) is 6.54 Å². The zero-order chi connectivity index (χ0) is 20.8. The lowest BCUT2D eigenvalue weighted by atomic mass is 10.1. The van der Waals surface area contributed by atoms with Crippen LogP contribution in [-0.2, 0) is 6.54 Å². The average Bonchev–Trinajstić information content (AvgIpc) is 3.33. The van der Waals surface area contributed by atoms with E-state index in [1.807, 2.05) is 65.4 Å². The molecular formula is C24H20N4O2. The number of carbonyl (C=O) groups is 2. The fourth-order valence-electron chi connectivity index (χ4n) is 3.02. The minimum Gasteiger partial charge on any atom is -0.348 e. The lowest BCUT2D eigenvalue weighted by molar-refractivity contribution is 0.0949. The van der Waals surface area contributed by atoms with Gasteiger partial charge in [0, 0.05) is 41.4 Å². The largest absolute Gasteiger partial charge is 0.348 e. The Labute approximate surface area is 174 Å². The summed E-state index contributed by atoms with van der Waals surface area (Å²) in [5, 5.41) is 5.74. The van der Waals surface area contributed by atoms with E-state index in [9.17, 15) is 9.59 Å². The Kier molecular flexibility index (Phi) is 5.66. The van der Waals surface area contributed by atoms with Crippen LogP contribution in [0.2, 0.25) is 0 Å². The third-order valence-corrected chi connectivity index (χ3v) is 4.61. The topological polar surface area (TPSA) is 76.0 Å². The number of para-hydroxylation sites is 1. The summed E-state index contributed by atoms with van der Waals surface area (Å²) in [4.78, 5) is 28.8. The van der Waals surface area contributed by atoms with Gasteiger partial charge in [-0.1, -0.05) is 30.3 Å². The van der Waals surface area contributed by atoms with E-state index < -0.39 is 0 Å². The number of carbonyl (C=O) groups excluding carboxylic acids is 2. The van der Waals surface area contributed by atoms with Gasteiger partial charge in [0.1, 0.15) is 0 Å². The Morgan fingerprint density at radius 1 is 0.833 bits per heavy atom. The number of nitrogens with one attached hydrogen (secondary N) is 2. The van der Waals surface area contributed by atoms with Crippen LogP contribution >= 0.6 is 0 Å². The summed E-state index contributed by atoms with van der Waals surface area (Å²) < 4.78 is 1.91. The molecule has 6 heteroatoms. The summed E-state index contributed by atoms with van der Waals surface area (Å²) in [6, 6.07) is 23.7. The minimum atomic E-state index is -0.218. The molecule has 1 heterocycles. The van der Waals surface area contributed by atoms with E-state index in [0.29, 0.717) is 17.7 Å². The van der Waals surface area contributed by atoms with Crippen LogP contribution in [0.5, 0.6) is 0 Å². The van der Waals surface area contributed by atoms with Crippen molar-refractivity contribution in [3.63, 3.8) is 0 Å². The second-order valence-electron chi connectivity index (χ2n) is 6.72. The number of hydrogen-bond acceptors (Lipinski definition) is 3. The highest BCUT2D eigenvalue weighted by Gasteiger charge is 2.09. The van der Waals surface area contributed by atoms with Crippen molar-refractivity contribution in [3.8, 4) is 5.69 Å². The fraction of sp³-hybridized carbons (Fsp3) is 0.0417. The molecule has 0 saturated heterocycles. The Hall–Kier alpha value is -4.19. The standard InChI is InChI=1S/C24H20N4O2/c29-23(26-16-18-5-4-8-22(15-18)28-14-13-25-17-28)19-9-11-20(12-10-19)24(30)27-21-6-2-1-3-7-21/h1-15,17H,16H2,(H,26,29)(H,27,30). The number of imidazole rings is 1. The predicted octanol–water partition coefficient (Wildman–Crippen LogP) is 4.05. The number of nitrogens with zero attached hydrogens (tertiary/aromatic N) is 2. The maximum Gasteiger partial charge on any atom is 0.255 e. The first-order chi connectivity index (χ1) is 14.7. The highest BCUT2D eigenvalue weighted by atomic mass is 16.2. The zero-order valence-corrected chi connectivity index (χ0v) is 16.2. The van der Waals surface area contributed by atoms with Gasteiger partial charge >= 0.3 is 0 Å².